The molecule has 0 unspecified atom stereocenters. The van der Waals surface area contributed by atoms with Crippen LogP contribution in [0, 0.1) is 10.1 Å². The molecule has 20 heavy (non-hydrogen) atoms. The maximum absolute atomic E-state index is 12.2. The number of alkyl halides is 2. The molecule has 0 bridgehead atoms. The molecule has 9 heteroatoms. The van der Waals surface area contributed by atoms with Gasteiger partial charge in [0.25, 0.3) is 5.91 Å². The Kier molecular flexibility index (Phi) is 5.84. The summed E-state index contributed by atoms with van der Waals surface area (Å²) in [5.41, 5.74) is -0.340. The Morgan fingerprint density at radius 2 is 2.15 bits per heavy atom. The van der Waals surface area contributed by atoms with E-state index < -0.39 is 27.5 Å². The van der Waals surface area contributed by atoms with Crippen molar-refractivity contribution >= 4 is 40.8 Å². The highest BCUT2D eigenvalue weighted by Gasteiger charge is 2.32. The number of carbonyl (C=O) groups excluding carboxylic acids is 2. The fraction of sp³-hybridized carbons (Fsp3) is 0.364. The summed E-state index contributed by atoms with van der Waals surface area (Å²) in [4.78, 5) is 36.7. The normalized spacial score (nSPS) is 10.4. The lowest BCUT2D eigenvalue weighted by atomic mass is 10.2. The standard InChI is InChI=1S/C11H11Cl2N3O4/c1-2-4-8(17)15(11(12)13)10(18)7-5-3-6-14-9(7)16(19)20/h3,5-6,11H,2,4H2,1H3. The van der Waals surface area contributed by atoms with Crippen molar-refractivity contribution in [2.75, 3.05) is 0 Å². The molecule has 108 valence electrons. The van der Waals surface area contributed by atoms with Gasteiger partial charge in [0.15, 0.2) is 4.96 Å². The van der Waals surface area contributed by atoms with Gasteiger partial charge in [-0.2, -0.15) is 0 Å². The van der Waals surface area contributed by atoms with E-state index >= 15 is 0 Å². The largest absolute Gasteiger partial charge is 0.376 e. The second-order valence-electron chi connectivity index (χ2n) is 3.73. The van der Waals surface area contributed by atoms with Crippen molar-refractivity contribution in [2.24, 2.45) is 0 Å². The molecule has 0 spiro atoms. The number of carbonyl (C=O) groups is 2. The molecule has 0 aliphatic heterocycles. The molecular formula is C11H11Cl2N3O4. The second kappa shape index (κ2) is 7.16. The minimum Gasteiger partial charge on any atom is -0.358 e. The number of rotatable bonds is 5. The second-order valence-corrected chi connectivity index (χ2v) is 4.78. The molecule has 0 fully saturated rings. The molecule has 0 atom stereocenters. The van der Waals surface area contributed by atoms with Gasteiger partial charge in [0, 0.05) is 6.42 Å². The Morgan fingerprint density at radius 1 is 1.50 bits per heavy atom. The topological polar surface area (TPSA) is 93.4 Å². The molecule has 0 aliphatic rings. The summed E-state index contributed by atoms with van der Waals surface area (Å²) < 4.78 is 0. The molecule has 0 saturated heterocycles. The molecule has 2 amide bonds. The van der Waals surface area contributed by atoms with E-state index in [0.717, 1.165) is 0 Å². The molecule has 0 saturated carbocycles. The van der Waals surface area contributed by atoms with Crippen LogP contribution in [0.25, 0.3) is 0 Å². The molecular weight excluding hydrogens is 309 g/mol. The van der Waals surface area contributed by atoms with E-state index in [0.29, 0.717) is 11.3 Å². The number of amides is 2. The van der Waals surface area contributed by atoms with Crippen LogP contribution in [0.15, 0.2) is 18.3 Å². The van der Waals surface area contributed by atoms with Crippen LogP contribution in [0.3, 0.4) is 0 Å². The predicted octanol–water partition coefficient (Wildman–Crippen LogP) is 2.52. The van der Waals surface area contributed by atoms with E-state index in [2.05, 4.69) is 4.98 Å². The number of halogens is 2. The zero-order chi connectivity index (χ0) is 15.3. The quantitative estimate of drug-likeness (QED) is 0.360. The van der Waals surface area contributed by atoms with Crippen LogP contribution < -0.4 is 0 Å². The van der Waals surface area contributed by atoms with Crippen LogP contribution >= 0.6 is 23.2 Å². The van der Waals surface area contributed by atoms with Gasteiger partial charge in [0.1, 0.15) is 11.8 Å². The lowest BCUT2D eigenvalue weighted by Crippen LogP contribution is -2.40. The van der Waals surface area contributed by atoms with Gasteiger partial charge in [-0.05, 0) is 28.5 Å². The molecule has 7 nitrogen and oxygen atoms in total. The number of pyridine rings is 1. The fourth-order valence-corrected chi connectivity index (χ4v) is 1.88. The number of hydrogen-bond acceptors (Lipinski definition) is 5. The smallest absolute Gasteiger partial charge is 0.358 e. The highest BCUT2D eigenvalue weighted by atomic mass is 35.5. The van der Waals surface area contributed by atoms with E-state index in [1.54, 1.807) is 6.92 Å². The SMILES string of the molecule is CCCC(=O)N(C(=O)c1cccnc1[N+](=O)[O-])C(Cl)Cl. The van der Waals surface area contributed by atoms with Crippen molar-refractivity contribution < 1.29 is 14.5 Å². The minimum atomic E-state index is -1.43. The third-order valence-electron chi connectivity index (χ3n) is 2.34. The summed E-state index contributed by atoms with van der Waals surface area (Å²) >= 11 is 11.2. The molecule has 0 radical (unpaired) electrons. The van der Waals surface area contributed by atoms with Crippen LogP contribution in [0.5, 0.6) is 0 Å². The first-order valence-corrected chi connectivity index (χ1v) is 6.51. The molecule has 1 aromatic rings. The summed E-state index contributed by atoms with van der Waals surface area (Å²) in [7, 11) is 0. The summed E-state index contributed by atoms with van der Waals surface area (Å²) in [6, 6.07) is 2.54. The average molecular weight is 320 g/mol. The van der Waals surface area contributed by atoms with Crippen LogP contribution in [0.1, 0.15) is 30.1 Å². The fourth-order valence-electron chi connectivity index (χ4n) is 1.48. The van der Waals surface area contributed by atoms with E-state index in [-0.39, 0.29) is 12.0 Å². The Bertz CT molecular complexity index is 536. The lowest BCUT2D eigenvalue weighted by Gasteiger charge is -2.21. The van der Waals surface area contributed by atoms with E-state index in [1.165, 1.54) is 18.3 Å². The van der Waals surface area contributed by atoms with E-state index in [1.807, 2.05) is 0 Å². The highest BCUT2D eigenvalue weighted by molar-refractivity contribution is 6.45. The van der Waals surface area contributed by atoms with Gasteiger partial charge < -0.3 is 10.1 Å². The monoisotopic (exact) mass is 319 g/mol. The molecule has 0 aromatic carbocycles. The first kappa shape index (κ1) is 16.3. The van der Waals surface area contributed by atoms with E-state index in [9.17, 15) is 19.7 Å². The van der Waals surface area contributed by atoms with Gasteiger partial charge in [-0.3, -0.25) is 9.59 Å². The summed E-state index contributed by atoms with van der Waals surface area (Å²) in [6.07, 6.45) is 1.71. The third kappa shape index (κ3) is 3.64. The van der Waals surface area contributed by atoms with Crippen LogP contribution in [0.4, 0.5) is 5.82 Å². The van der Waals surface area contributed by atoms with Gasteiger partial charge >= 0.3 is 5.82 Å². The minimum absolute atomic E-state index is 0.0513. The van der Waals surface area contributed by atoms with Crippen molar-refractivity contribution in [2.45, 2.75) is 24.7 Å². The molecule has 1 rings (SSSR count). The predicted molar refractivity (Wildman–Crippen MR) is 72.5 cm³/mol. The van der Waals surface area contributed by atoms with Gasteiger partial charge in [-0.25, -0.2) is 4.90 Å². The van der Waals surface area contributed by atoms with Crippen LogP contribution in [0.2, 0.25) is 0 Å². The lowest BCUT2D eigenvalue weighted by molar-refractivity contribution is -0.389. The first-order valence-electron chi connectivity index (χ1n) is 5.64. The van der Waals surface area contributed by atoms with Crippen LogP contribution in [-0.4, -0.2) is 31.6 Å². The summed E-state index contributed by atoms with van der Waals surface area (Å²) in [5, 5.41) is 10.8. The molecule has 1 heterocycles. The third-order valence-corrected chi connectivity index (χ3v) is 2.73. The Labute approximate surface area is 124 Å². The van der Waals surface area contributed by atoms with Gasteiger partial charge in [-0.1, -0.05) is 30.1 Å². The number of nitrogens with zero attached hydrogens (tertiary/aromatic N) is 3. The molecule has 1 aromatic heterocycles. The van der Waals surface area contributed by atoms with Gasteiger partial charge in [-0.15, -0.1) is 0 Å². The van der Waals surface area contributed by atoms with Crippen molar-refractivity contribution in [1.29, 1.82) is 0 Å². The summed E-state index contributed by atoms with van der Waals surface area (Å²) in [5.74, 6) is -2.20. The van der Waals surface area contributed by atoms with Crippen molar-refractivity contribution in [1.82, 2.24) is 9.88 Å². The van der Waals surface area contributed by atoms with E-state index in [4.69, 9.17) is 23.2 Å². The average Bonchev–Trinajstić information content (AvgIpc) is 2.38. The maximum atomic E-state index is 12.2. The Morgan fingerprint density at radius 3 is 2.65 bits per heavy atom. The number of imide groups is 1. The zero-order valence-electron chi connectivity index (χ0n) is 10.5. The highest BCUT2D eigenvalue weighted by Crippen LogP contribution is 2.21. The Hall–Kier alpha value is -1.73. The number of hydrogen-bond donors (Lipinski definition) is 0. The van der Waals surface area contributed by atoms with Crippen molar-refractivity contribution in [3.05, 3.63) is 34.0 Å². The van der Waals surface area contributed by atoms with Crippen LogP contribution in [-0.2, 0) is 4.79 Å². The number of nitro groups is 1. The molecule has 0 N–H and O–H groups in total. The van der Waals surface area contributed by atoms with Crippen molar-refractivity contribution in [3.63, 3.8) is 0 Å². The summed E-state index contributed by atoms with van der Waals surface area (Å²) in [6.45, 7) is 1.74. The van der Waals surface area contributed by atoms with Gasteiger partial charge in [0.05, 0.1) is 0 Å². The zero-order valence-corrected chi connectivity index (χ0v) is 12.0. The van der Waals surface area contributed by atoms with Crippen molar-refractivity contribution in [3.8, 4) is 0 Å². The number of aromatic nitrogens is 1. The maximum Gasteiger partial charge on any atom is 0.376 e. The molecule has 0 aliphatic carbocycles. The van der Waals surface area contributed by atoms with Gasteiger partial charge in [0.2, 0.25) is 5.91 Å². The first-order chi connectivity index (χ1) is 9.40. The Balaban J connectivity index is 3.20.